The first-order chi connectivity index (χ1) is 27.1. The Bertz CT molecular complexity index is 931. The van der Waals surface area contributed by atoms with E-state index in [0.717, 1.165) is 38.5 Å². The Labute approximate surface area is 346 Å². The van der Waals surface area contributed by atoms with Crippen LogP contribution in [0.15, 0.2) is 12.2 Å². The summed E-state index contributed by atoms with van der Waals surface area (Å²) in [6, 6.07) is -0.722. The van der Waals surface area contributed by atoms with Crippen molar-refractivity contribution in [3.63, 3.8) is 0 Å². The van der Waals surface area contributed by atoms with Gasteiger partial charge in [0.2, 0.25) is 0 Å². The maximum absolute atomic E-state index is 12.7. The lowest BCUT2D eigenvalue weighted by Crippen LogP contribution is -2.55. The number of esters is 2. The largest absolute Gasteiger partial charge is 0.544 e. The number of carbonyl (C=O) groups is 3. The standard InChI is InChI=1S/C48H91NO7/c1-6-8-10-12-14-16-18-20-21-22-23-24-25-27-29-31-33-35-37-39-47(51)56-44(42-54-41-40-45(48(52)53)49(3,4)5)43-55-46(50)38-36-34-32-30-28-26-19-17-15-13-11-9-7-2/h22-23,44-45H,6-21,24-43H2,1-5H3/b23-22+. The fourth-order valence-electron chi connectivity index (χ4n) is 7.18. The van der Waals surface area contributed by atoms with Crippen LogP contribution in [0.25, 0.3) is 0 Å². The molecule has 0 amide bonds. The summed E-state index contributed by atoms with van der Waals surface area (Å²) >= 11 is 0. The van der Waals surface area contributed by atoms with E-state index in [1.165, 1.54) is 154 Å². The predicted octanol–water partition coefficient (Wildman–Crippen LogP) is 11.8. The van der Waals surface area contributed by atoms with Crippen molar-refractivity contribution in [2.75, 3.05) is 41.0 Å². The van der Waals surface area contributed by atoms with Crippen molar-refractivity contribution < 1.29 is 38.2 Å². The molecular weight excluding hydrogens is 703 g/mol. The molecule has 0 saturated heterocycles. The number of hydrogen-bond donors (Lipinski definition) is 0. The summed E-state index contributed by atoms with van der Waals surface area (Å²) in [4.78, 5) is 36.9. The van der Waals surface area contributed by atoms with Gasteiger partial charge in [0, 0.05) is 19.3 Å². The predicted molar refractivity (Wildman–Crippen MR) is 231 cm³/mol. The molecule has 0 aromatic carbocycles. The molecule has 0 rings (SSSR count). The van der Waals surface area contributed by atoms with Gasteiger partial charge in [0.25, 0.3) is 0 Å². The third-order valence-electron chi connectivity index (χ3n) is 10.9. The first kappa shape index (κ1) is 54.1. The molecule has 0 saturated carbocycles. The molecule has 0 radical (unpaired) electrons. The molecule has 8 nitrogen and oxygen atoms in total. The first-order valence-electron chi connectivity index (χ1n) is 23.7. The zero-order valence-electron chi connectivity index (χ0n) is 37.6. The SMILES string of the molecule is CCCCCCCCCC/C=C/CCCCCCCCCC(=O)OC(COCCC(C(=O)[O-])[N+](C)(C)C)COC(=O)CCCCCCCCCCCCCCC. The molecule has 0 heterocycles. The number of likely N-dealkylation sites (N-methyl/N-ethyl adjacent to an activating group) is 1. The van der Waals surface area contributed by atoms with E-state index in [4.69, 9.17) is 14.2 Å². The number of ether oxygens (including phenoxy) is 3. The van der Waals surface area contributed by atoms with Crippen molar-refractivity contribution in [3.8, 4) is 0 Å². The van der Waals surface area contributed by atoms with Crippen LogP contribution >= 0.6 is 0 Å². The Morgan fingerprint density at radius 2 is 0.893 bits per heavy atom. The van der Waals surface area contributed by atoms with E-state index in [1.54, 1.807) is 21.1 Å². The van der Waals surface area contributed by atoms with Crippen LogP contribution in [0.2, 0.25) is 0 Å². The Kier molecular flexibility index (Phi) is 38.5. The number of aliphatic carboxylic acids is 1. The highest BCUT2D eigenvalue weighted by Crippen LogP contribution is 2.15. The molecular formula is C48H91NO7. The number of rotatable bonds is 43. The van der Waals surface area contributed by atoms with Crippen LogP contribution in [0, 0.1) is 0 Å². The number of nitrogens with zero attached hydrogens (tertiary/aromatic N) is 1. The van der Waals surface area contributed by atoms with Crippen LogP contribution in [0.3, 0.4) is 0 Å². The van der Waals surface area contributed by atoms with Gasteiger partial charge in [-0.2, -0.15) is 0 Å². The van der Waals surface area contributed by atoms with E-state index < -0.39 is 18.1 Å². The second kappa shape index (κ2) is 39.9. The number of hydrogen-bond acceptors (Lipinski definition) is 7. The highest BCUT2D eigenvalue weighted by atomic mass is 16.6. The van der Waals surface area contributed by atoms with E-state index in [-0.39, 0.29) is 42.7 Å². The van der Waals surface area contributed by atoms with Gasteiger partial charge in [0.05, 0.1) is 40.3 Å². The minimum atomic E-state index is -1.12. The van der Waals surface area contributed by atoms with Gasteiger partial charge in [-0.15, -0.1) is 0 Å². The van der Waals surface area contributed by atoms with Crippen LogP contribution < -0.4 is 5.11 Å². The van der Waals surface area contributed by atoms with Gasteiger partial charge in [-0.1, -0.05) is 180 Å². The van der Waals surface area contributed by atoms with Gasteiger partial charge in [-0.25, -0.2) is 0 Å². The summed E-state index contributed by atoms with van der Waals surface area (Å²) in [5.74, 6) is -1.72. The minimum Gasteiger partial charge on any atom is -0.544 e. The topological polar surface area (TPSA) is 102 Å². The van der Waals surface area contributed by atoms with Gasteiger partial charge >= 0.3 is 11.9 Å². The van der Waals surface area contributed by atoms with E-state index in [2.05, 4.69) is 26.0 Å². The van der Waals surface area contributed by atoms with E-state index >= 15 is 0 Å². The second-order valence-corrected chi connectivity index (χ2v) is 17.4. The van der Waals surface area contributed by atoms with Crippen LogP contribution in [0.5, 0.6) is 0 Å². The lowest BCUT2D eigenvalue weighted by molar-refractivity contribution is -0.889. The molecule has 0 N–H and O–H groups in total. The lowest BCUT2D eigenvalue weighted by Gasteiger charge is -2.34. The number of allylic oxidation sites excluding steroid dienone is 2. The molecule has 0 aromatic rings. The zero-order chi connectivity index (χ0) is 41.4. The maximum Gasteiger partial charge on any atom is 0.306 e. The minimum absolute atomic E-state index is 0.0447. The number of carboxylic acids is 1. The molecule has 8 heteroatoms. The fraction of sp³-hybridized carbons (Fsp3) is 0.896. The van der Waals surface area contributed by atoms with Crippen LogP contribution in [0.1, 0.15) is 226 Å². The summed E-state index contributed by atoms with van der Waals surface area (Å²) in [6.45, 7) is 4.69. The van der Waals surface area contributed by atoms with Gasteiger partial charge < -0.3 is 28.6 Å². The summed E-state index contributed by atoms with van der Waals surface area (Å²) < 4.78 is 17.2. The Morgan fingerprint density at radius 1 is 0.518 bits per heavy atom. The molecule has 0 aromatic heterocycles. The van der Waals surface area contributed by atoms with Crippen LogP contribution in [-0.2, 0) is 28.6 Å². The normalized spacial score (nSPS) is 12.9. The third-order valence-corrected chi connectivity index (χ3v) is 10.9. The van der Waals surface area contributed by atoms with Crippen molar-refractivity contribution in [2.45, 2.75) is 238 Å². The Hall–Kier alpha value is -1.93. The summed E-state index contributed by atoms with van der Waals surface area (Å²) in [7, 11) is 5.42. The van der Waals surface area contributed by atoms with Crippen molar-refractivity contribution >= 4 is 17.9 Å². The first-order valence-corrected chi connectivity index (χ1v) is 23.7. The highest BCUT2D eigenvalue weighted by molar-refractivity contribution is 5.70. The van der Waals surface area contributed by atoms with Gasteiger partial charge in [0.15, 0.2) is 6.10 Å². The van der Waals surface area contributed by atoms with E-state index in [0.29, 0.717) is 12.8 Å². The molecule has 2 atom stereocenters. The third kappa shape index (κ3) is 37.6. The molecule has 330 valence electrons. The smallest absolute Gasteiger partial charge is 0.306 e. The quantitative estimate of drug-likeness (QED) is 0.0262. The Morgan fingerprint density at radius 3 is 1.29 bits per heavy atom. The second-order valence-electron chi connectivity index (χ2n) is 17.4. The molecule has 0 bridgehead atoms. The summed E-state index contributed by atoms with van der Waals surface area (Å²) in [5, 5.41) is 11.6. The van der Waals surface area contributed by atoms with Crippen LogP contribution in [-0.4, -0.2) is 75.5 Å². The van der Waals surface area contributed by atoms with Gasteiger partial charge in [-0.3, -0.25) is 9.59 Å². The van der Waals surface area contributed by atoms with Crippen molar-refractivity contribution in [1.29, 1.82) is 0 Å². The molecule has 0 fully saturated rings. The van der Waals surface area contributed by atoms with Crippen molar-refractivity contribution in [2.24, 2.45) is 0 Å². The summed E-state index contributed by atoms with van der Waals surface area (Å²) in [5.41, 5.74) is 0. The Balaban J connectivity index is 4.26. The molecule has 56 heavy (non-hydrogen) atoms. The summed E-state index contributed by atoms with van der Waals surface area (Å²) in [6.07, 6.45) is 42.3. The average molecular weight is 794 g/mol. The van der Waals surface area contributed by atoms with Crippen molar-refractivity contribution in [1.82, 2.24) is 0 Å². The average Bonchev–Trinajstić information content (AvgIpc) is 3.15. The monoisotopic (exact) mass is 794 g/mol. The molecule has 0 spiro atoms. The molecule has 2 unspecified atom stereocenters. The van der Waals surface area contributed by atoms with Gasteiger partial charge in [-0.05, 0) is 38.5 Å². The van der Waals surface area contributed by atoms with Crippen LogP contribution in [0.4, 0.5) is 0 Å². The maximum atomic E-state index is 12.7. The fourth-order valence-corrected chi connectivity index (χ4v) is 7.18. The van der Waals surface area contributed by atoms with Crippen molar-refractivity contribution in [3.05, 3.63) is 12.2 Å². The number of carbonyl (C=O) groups excluding carboxylic acids is 3. The van der Waals surface area contributed by atoms with Gasteiger partial charge in [0.1, 0.15) is 12.6 Å². The zero-order valence-corrected chi connectivity index (χ0v) is 37.6. The number of carboxylic acid groups (broad SMARTS) is 1. The van der Waals surface area contributed by atoms with E-state index in [9.17, 15) is 19.5 Å². The number of quaternary nitrogens is 1. The molecule has 0 aliphatic carbocycles. The lowest BCUT2D eigenvalue weighted by atomic mass is 10.0. The molecule has 0 aliphatic rings. The van der Waals surface area contributed by atoms with E-state index in [1.807, 2.05) is 0 Å². The highest BCUT2D eigenvalue weighted by Gasteiger charge is 2.25. The molecule has 0 aliphatic heterocycles. The number of unbranched alkanes of at least 4 members (excludes halogenated alkanes) is 27.